The van der Waals surface area contributed by atoms with E-state index < -0.39 is 42.9 Å². The first kappa shape index (κ1) is 26.8. The van der Waals surface area contributed by atoms with E-state index in [0.717, 1.165) is 35.8 Å². The van der Waals surface area contributed by atoms with Gasteiger partial charge in [0.05, 0.1) is 12.1 Å². The van der Waals surface area contributed by atoms with E-state index in [4.69, 9.17) is 4.74 Å². The van der Waals surface area contributed by atoms with E-state index in [1.807, 2.05) is 6.08 Å². The Morgan fingerprint density at radius 1 is 1.00 bits per heavy atom. The zero-order valence-corrected chi connectivity index (χ0v) is 19.5. The second-order valence-electron chi connectivity index (χ2n) is 8.94. The van der Waals surface area contributed by atoms with Crippen molar-refractivity contribution in [2.75, 3.05) is 11.4 Å². The highest BCUT2D eigenvalue weighted by Crippen LogP contribution is 2.34. The van der Waals surface area contributed by atoms with Gasteiger partial charge in [-0.1, -0.05) is 24.3 Å². The first-order valence-corrected chi connectivity index (χ1v) is 11.6. The van der Waals surface area contributed by atoms with Crippen LogP contribution in [0, 0.1) is 5.82 Å². The van der Waals surface area contributed by atoms with Crippen LogP contribution in [0.1, 0.15) is 36.8 Å². The van der Waals surface area contributed by atoms with E-state index in [2.05, 4.69) is 12.2 Å². The molecule has 2 aromatic carbocycles. The minimum absolute atomic E-state index is 0.171. The molecule has 0 aliphatic heterocycles. The molecule has 1 N–H and O–H groups in total. The Kier molecular flexibility index (Phi) is 7.68. The van der Waals surface area contributed by atoms with Crippen LogP contribution in [0.4, 0.5) is 36.4 Å². The molecule has 2 aliphatic rings. The van der Waals surface area contributed by atoms with Crippen molar-refractivity contribution < 1.29 is 40.6 Å². The van der Waals surface area contributed by atoms with E-state index in [0.29, 0.717) is 30.1 Å². The molecule has 0 aromatic heterocycles. The van der Waals surface area contributed by atoms with Crippen LogP contribution >= 0.6 is 0 Å². The first-order valence-electron chi connectivity index (χ1n) is 11.6. The second-order valence-corrected chi connectivity index (χ2v) is 8.94. The fraction of sp³-hybridized carbons (Fsp3) is 0.333. The topological polar surface area (TPSA) is 32.7 Å². The summed E-state index contributed by atoms with van der Waals surface area (Å²) in [6.45, 7) is -1.47. The van der Waals surface area contributed by atoms with Crippen LogP contribution in [-0.4, -0.2) is 23.9 Å². The number of fused-ring (bicyclic) bond motifs is 1. The zero-order valence-electron chi connectivity index (χ0n) is 19.5. The van der Waals surface area contributed by atoms with E-state index in [1.54, 1.807) is 6.07 Å². The number of alkyl halides is 6. The van der Waals surface area contributed by atoms with Gasteiger partial charge in [-0.05, 0) is 60.8 Å². The molecule has 4 rings (SSSR count). The normalized spacial score (nSPS) is 16.8. The van der Waals surface area contributed by atoms with Crippen molar-refractivity contribution in [3.05, 3.63) is 94.5 Å². The number of halogens is 7. The largest absolute Gasteiger partial charge is 0.461 e. The fourth-order valence-electron chi connectivity index (χ4n) is 4.25. The van der Waals surface area contributed by atoms with Crippen molar-refractivity contribution in [2.24, 2.45) is 0 Å². The second kappa shape index (κ2) is 10.6. The molecular formula is C27H24F7NO2. The third kappa shape index (κ3) is 6.74. The van der Waals surface area contributed by atoms with Gasteiger partial charge in [0, 0.05) is 30.3 Å². The number of aliphatic hydroxyl groups excluding tert-OH is 1. The molecule has 0 saturated heterocycles. The van der Waals surface area contributed by atoms with Gasteiger partial charge in [-0.25, -0.2) is 4.39 Å². The number of ether oxygens (including phenoxy) is 1. The molecule has 1 unspecified atom stereocenters. The molecule has 2 aliphatic carbocycles. The average Bonchev–Trinajstić information content (AvgIpc) is 2.83. The van der Waals surface area contributed by atoms with Crippen molar-refractivity contribution in [1.82, 2.24) is 0 Å². The molecule has 0 bridgehead atoms. The van der Waals surface area contributed by atoms with Crippen LogP contribution in [0.2, 0.25) is 0 Å². The van der Waals surface area contributed by atoms with Crippen molar-refractivity contribution >= 4 is 5.69 Å². The lowest BCUT2D eigenvalue weighted by Gasteiger charge is -2.29. The number of benzene rings is 2. The predicted molar refractivity (Wildman–Crippen MR) is 124 cm³/mol. The number of nitrogens with zero attached hydrogens (tertiary/aromatic N) is 1. The maximum atomic E-state index is 14.5. The number of hydrogen-bond donors (Lipinski definition) is 1. The Morgan fingerprint density at radius 3 is 2.49 bits per heavy atom. The lowest BCUT2D eigenvalue weighted by atomic mass is 9.89. The molecule has 0 fully saturated rings. The number of anilines is 1. The van der Waals surface area contributed by atoms with E-state index >= 15 is 0 Å². The summed E-state index contributed by atoms with van der Waals surface area (Å²) in [5, 5.41) is 9.69. The fourth-order valence-corrected chi connectivity index (χ4v) is 4.25. The van der Waals surface area contributed by atoms with Gasteiger partial charge in [0.25, 0.3) is 0 Å². The average molecular weight is 527 g/mol. The Balaban J connectivity index is 1.59. The van der Waals surface area contributed by atoms with Gasteiger partial charge in [0.15, 0.2) is 6.10 Å². The number of allylic oxidation sites excluding steroid dienone is 5. The molecule has 2 aromatic rings. The van der Waals surface area contributed by atoms with Crippen LogP contribution in [0.15, 0.2) is 77.6 Å². The van der Waals surface area contributed by atoms with Gasteiger partial charge >= 0.3 is 12.4 Å². The van der Waals surface area contributed by atoms with Gasteiger partial charge in [0.2, 0.25) is 0 Å². The van der Waals surface area contributed by atoms with Crippen molar-refractivity contribution in [3.8, 4) is 5.75 Å². The number of aliphatic hydroxyl groups is 1. The summed E-state index contributed by atoms with van der Waals surface area (Å²) in [6.07, 6.45) is -2.79. The molecule has 37 heavy (non-hydrogen) atoms. The highest BCUT2D eigenvalue weighted by atomic mass is 19.4. The summed E-state index contributed by atoms with van der Waals surface area (Å²) in [6, 6.07) is 7.87. The molecule has 0 heterocycles. The molecule has 3 nitrogen and oxygen atoms in total. The van der Waals surface area contributed by atoms with Crippen molar-refractivity contribution in [3.63, 3.8) is 0 Å². The maximum Gasteiger partial charge on any atom is 0.416 e. The Hall–Kier alpha value is -3.27. The van der Waals surface area contributed by atoms with Crippen LogP contribution < -0.4 is 9.64 Å². The third-order valence-corrected chi connectivity index (χ3v) is 6.20. The molecular weight excluding hydrogens is 503 g/mol. The Labute approximate surface area is 209 Å². The summed E-state index contributed by atoms with van der Waals surface area (Å²) in [4.78, 5) is 1.05. The molecule has 0 saturated carbocycles. The maximum absolute atomic E-state index is 14.5. The SMILES string of the molecule is OC(CN(Cc1ccc(C(F)(F)F)cc1F)c1cccc(OC2=CC3=CCCCC3=CC2)c1)C(F)(F)F. The van der Waals surface area contributed by atoms with Crippen LogP contribution in [0.5, 0.6) is 5.75 Å². The third-order valence-electron chi connectivity index (χ3n) is 6.20. The Morgan fingerprint density at radius 2 is 1.78 bits per heavy atom. The standard InChI is InChI=1S/C27H24F7NO2/c28-24-13-20(26(29,30)31)10-8-19(24)15-35(16-25(36)27(32,33)34)21-6-3-7-22(14-21)37-23-11-9-17-4-1-2-5-18(17)12-23/h3,5-10,12-14,25,36H,1-2,4,11,15-16H2. The summed E-state index contributed by atoms with van der Waals surface area (Å²) in [5.41, 5.74) is 1.03. The van der Waals surface area contributed by atoms with Gasteiger partial charge in [-0.15, -0.1) is 0 Å². The number of hydrogen-bond acceptors (Lipinski definition) is 3. The zero-order chi connectivity index (χ0) is 26.8. The minimum Gasteiger partial charge on any atom is -0.461 e. The van der Waals surface area contributed by atoms with Crippen LogP contribution in [0.3, 0.4) is 0 Å². The van der Waals surface area contributed by atoms with Crippen molar-refractivity contribution in [2.45, 2.75) is 50.7 Å². The van der Waals surface area contributed by atoms with Gasteiger partial charge in [0.1, 0.15) is 17.3 Å². The summed E-state index contributed by atoms with van der Waals surface area (Å²) >= 11 is 0. The van der Waals surface area contributed by atoms with Crippen LogP contribution in [-0.2, 0) is 12.7 Å². The van der Waals surface area contributed by atoms with Gasteiger partial charge < -0.3 is 14.7 Å². The van der Waals surface area contributed by atoms with Gasteiger partial charge in [-0.3, -0.25) is 0 Å². The monoisotopic (exact) mass is 527 g/mol. The van der Waals surface area contributed by atoms with E-state index in [-0.39, 0.29) is 11.3 Å². The molecule has 10 heteroatoms. The lowest BCUT2D eigenvalue weighted by Crippen LogP contribution is -2.41. The Bertz CT molecular complexity index is 1230. The van der Waals surface area contributed by atoms with E-state index in [1.165, 1.54) is 23.8 Å². The summed E-state index contributed by atoms with van der Waals surface area (Å²) in [5.74, 6) is -0.259. The molecule has 0 spiro atoms. The highest BCUT2D eigenvalue weighted by molar-refractivity contribution is 5.53. The summed E-state index contributed by atoms with van der Waals surface area (Å²) in [7, 11) is 0. The van der Waals surface area contributed by atoms with Gasteiger partial charge in [-0.2, -0.15) is 26.3 Å². The lowest BCUT2D eigenvalue weighted by molar-refractivity contribution is -0.200. The molecule has 0 amide bonds. The quantitative estimate of drug-likeness (QED) is 0.379. The molecule has 0 radical (unpaired) electrons. The van der Waals surface area contributed by atoms with Crippen LogP contribution in [0.25, 0.3) is 0 Å². The van der Waals surface area contributed by atoms with E-state index in [9.17, 15) is 35.8 Å². The molecule has 1 atom stereocenters. The minimum atomic E-state index is -4.95. The van der Waals surface area contributed by atoms with Crippen molar-refractivity contribution in [1.29, 1.82) is 0 Å². The predicted octanol–water partition coefficient (Wildman–Crippen LogP) is 7.48. The smallest absolute Gasteiger partial charge is 0.416 e. The summed E-state index contributed by atoms with van der Waals surface area (Å²) < 4.78 is 98.6. The highest BCUT2D eigenvalue weighted by Gasteiger charge is 2.39. The first-order chi connectivity index (χ1) is 17.4. The molecule has 198 valence electrons. The number of rotatable bonds is 7.